The summed E-state index contributed by atoms with van der Waals surface area (Å²) in [5.74, 6) is 0.718. The second-order valence-corrected chi connectivity index (χ2v) is 6.51. The van der Waals surface area contributed by atoms with Gasteiger partial charge in [-0.2, -0.15) is 0 Å². The molecule has 2 fully saturated rings. The van der Waals surface area contributed by atoms with Gasteiger partial charge in [0, 0.05) is 26.7 Å². The molecule has 1 saturated carbocycles. The van der Waals surface area contributed by atoms with Crippen LogP contribution < -0.4 is 5.32 Å². The molecule has 0 aromatic heterocycles. The third-order valence-corrected chi connectivity index (χ3v) is 5.05. The lowest BCUT2D eigenvalue weighted by atomic mass is 9.84. The van der Waals surface area contributed by atoms with Gasteiger partial charge in [-0.25, -0.2) is 0 Å². The predicted molar refractivity (Wildman–Crippen MR) is 75.8 cm³/mol. The second kappa shape index (κ2) is 6.36. The van der Waals surface area contributed by atoms with Crippen LogP contribution in [0.15, 0.2) is 0 Å². The van der Waals surface area contributed by atoms with Crippen molar-refractivity contribution in [3.63, 3.8) is 0 Å². The smallest absolute Gasteiger partial charge is 0.0724 e. The zero-order chi connectivity index (χ0) is 13.0. The van der Waals surface area contributed by atoms with Crippen molar-refractivity contribution >= 4 is 0 Å². The fourth-order valence-electron chi connectivity index (χ4n) is 3.91. The van der Waals surface area contributed by atoms with Crippen molar-refractivity contribution in [3.8, 4) is 0 Å². The summed E-state index contributed by atoms with van der Waals surface area (Å²) >= 11 is 0. The SMILES string of the molecule is CNCC1(CN2CCC(C)C(OC)C2)CCCC1. The van der Waals surface area contributed by atoms with Gasteiger partial charge in [0.05, 0.1) is 6.10 Å². The van der Waals surface area contributed by atoms with Crippen molar-refractivity contribution in [2.24, 2.45) is 11.3 Å². The summed E-state index contributed by atoms with van der Waals surface area (Å²) in [7, 11) is 3.96. The monoisotopic (exact) mass is 254 g/mol. The molecule has 1 N–H and O–H groups in total. The van der Waals surface area contributed by atoms with Gasteiger partial charge < -0.3 is 15.0 Å². The minimum Gasteiger partial charge on any atom is -0.380 e. The Balaban J connectivity index is 1.91. The Morgan fingerprint density at radius 2 is 2.06 bits per heavy atom. The molecule has 0 amide bonds. The molecule has 18 heavy (non-hydrogen) atoms. The van der Waals surface area contributed by atoms with Crippen LogP contribution in [0.1, 0.15) is 39.0 Å². The fraction of sp³-hybridized carbons (Fsp3) is 1.00. The summed E-state index contributed by atoms with van der Waals surface area (Å²) in [4.78, 5) is 2.65. The van der Waals surface area contributed by atoms with Crippen LogP contribution in [0, 0.1) is 11.3 Å². The molecule has 1 aliphatic heterocycles. The molecule has 2 aliphatic rings. The van der Waals surface area contributed by atoms with Gasteiger partial charge in [0.15, 0.2) is 0 Å². The van der Waals surface area contributed by atoms with Crippen LogP contribution in [0.5, 0.6) is 0 Å². The molecule has 0 aromatic rings. The van der Waals surface area contributed by atoms with Crippen molar-refractivity contribution < 1.29 is 4.74 Å². The Labute approximate surface area is 112 Å². The van der Waals surface area contributed by atoms with E-state index in [2.05, 4.69) is 24.2 Å². The van der Waals surface area contributed by atoms with E-state index in [9.17, 15) is 0 Å². The Bertz CT molecular complexity index is 251. The van der Waals surface area contributed by atoms with E-state index in [0.717, 1.165) is 12.5 Å². The van der Waals surface area contributed by atoms with Crippen LogP contribution in [0.3, 0.4) is 0 Å². The van der Waals surface area contributed by atoms with Gasteiger partial charge in [-0.15, -0.1) is 0 Å². The Morgan fingerprint density at radius 1 is 1.33 bits per heavy atom. The first-order chi connectivity index (χ1) is 8.69. The highest BCUT2D eigenvalue weighted by Crippen LogP contribution is 2.39. The Kier molecular flexibility index (Phi) is 5.05. The van der Waals surface area contributed by atoms with E-state index in [1.54, 1.807) is 0 Å². The van der Waals surface area contributed by atoms with Crippen LogP contribution in [0.4, 0.5) is 0 Å². The van der Waals surface area contributed by atoms with Crippen molar-refractivity contribution in [2.75, 3.05) is 40.3 Å². The number of piperidine rings is 1. The Hall–Kier alpha value is -0.120. The summed E-state index contributed by atoms with van der Waals surface area (Å²) < 4.78 is 5.63. The molecule has 0 spiro atoms. The van der Waals surface area contributed by atoms with E-state index in [1.165, 1.54) is 51.7 Å². The van der Waals surface area contributed by atoms with E-state index in [1.807, 2.05) is 7.11 Å². The number of nitrogens with zero attached hydrogens (tertiary/aromatic N) is 1. The first-order valence-electron chi connectivity index (χ1n) is 7.59. The first-order valence-corrected chi connectivity index (χ1v) is 7.59. The molecular weight excluding hydrogens is 224 g/mol. The zero-order valence-corrected chi connectivity index (χ0v) is 12.4. The number of rotatable bonds is 5. The molecule has 1 heterocycles. The lowest BCUT2D eigenvalue weighted by molar-refractivity contribution is -0.0175. The van der Waals surface area contributed by atoms with Gasteiger partial charge in [0.1, 0.15) is 0 Å². The third kappa shape index (κ3) is 3.25. The van der Waals surface area contributed by atoms with Gasteiger partial charge in [0.2, 0.25) is 0 Å². The fourth-order valence-corrected chi connectivity index (χ4v) is 3.91. The van der Waals surface area contributed by atoms with Crippen LogP contribution in [-0.4, -0.2) is 51.3 Å². The average molecular weight is 254 g/mol. The number of hydrogen-bond donors (Lipinski definition) is 1. The van der Waals surface area contributed by atoms with Gasteiger partial charge in [0.25, 0.3) is 0 Å². The van der Waals surface area contributed by atoms with E-state index in [0.29, 0.717) is 11.5 Å². The van der Waals surface area contributed by atoms with Crippen LogP contribution in [0.25, 0.3) is 0 Å². The molecule has 106 valence electrons. The normalized spacial score (nSPS) is 32.8. The standard InChI is InChI=1S/C15H30N2O/c1-13-6-9-17(10-14(13)18-3)12-15(11-16-2)7-4-5-8-15/h13-14,16H,4-12H2,1-3H3. The summed E-state index contributed by atoms with van der Waals surface area (Å²) in [6.07, 6.45) is 7.36. The maximum absolute atomic E-state index is 5.63. The highest BCUT2D eigenvalue weighted by molar-refractivity contribution is 4.91. The van der Waals surface area contributed by atoms with Gasteiger partial charge in [-0.1, -0.05) is 19.8 Å². The minimum absolute atomic E-state index is 0.437. The number of nitrogens with one attached hydrogen (secondary N) is 1. The van der Waals surface area contributed by atoms with Gasteiger partial charge in [-0.3, -0.25) is 0 Å². The van der Waals surface area contributed by atoms with E-state index in [4.69, 9.17) is 4.74 Å². The number of ether oxygens (including phenoxy) is 1. The van der Waals surface area contributed by atoms with Crippen molar-refractivity contribution in [3.05, 3.63) is 0 Å². The molecule has 1 aliphatic carbocycles. The summed E-state index contributed by atoms with van der Waals surface area (Å²) in [5, 5.41) is 3.42. The highest BCUT2D eigenvalue weighted by atomic mass is 16.5. The molecular formula is C15H30N2O. The number of methoxy groups -OCH3 is 1. The molecule has 3 heteroatoms. The molecule has 0 radical (unpaired) electrons. The molecule has 2 unspecified atom stereocenters. The summed E-state index contributed by atoms with van der Waals surface area (Å²) in [6.45, 7) is 7.15. The molecule has 0 bridgehead atoms. The van der Waals surface area contributed by atoms with Crippen molar-refractivity contribution in [1.29, 1.82) is 0 Å². The largest absolute Gasteiger partial charge is 0.380 e. The van der Waals surface area contributed by atoms with E-state index in [-0.39, 0.29) is 0 Å². The molecule has 2 atom stereocenters. The average Bonchev–Trinajstić information content (AvgIpc) is 2.81. The molecule has 0 aromatic carbocycles. The van der Waals surface area contributed by atoms with E-state index >= 15 is 0 Å². The summed E-state index contributed by atoms with van der Waals surface area (Å²) in [6, 6.07) is 0. The van der Waals surface area contributed by atoms with Crippen LogP contribution in [-0.2, 0) is 4.74 Å². The summed E-state index contributed by atoms with van der Waals surface area (Å²) in [5.41, 5.74) is 0.535. The number of hydrogen-bond acceptors (Lipinski definition) is 3. The zero-order valence-electron chi connectivity index (χ0n) is 12.4. The minimum atomic E-state index is 0.437. The van der Waals surface area contributed by atoms with Gasteiger partial charge >= 0.3 is 0 Å². The van der Waals surface area contributed by atoms with Crippen molar-refractivity contribution in [1.82, 2.24) is 10.2 Å². The molecule has 1 saturated heterocycles. The van der Waals surface area contributed by atoms with Crippen molar-refractivity contribution in [2.45, 2.75) is 45.1 Å². The second-order valence-electron chi connectivity index (χ2n) is 6.51. The molecule has 3 nitrogen and oxygen atoms in total. The third-order valence-electron chi connectivity index (χ3n) is 5.05. The predicted octanol–water partition coefficient (Wildman–Crippen LogP) is 2.12. The molecule has 2 rings (SSSR count). The van der Waals surface area contributed by atoms with Crippen LogP contribution >= 0.6 is 0 Å². The van der Waals surface area contributed by atoms with E-state index < -0.39 is 0 Å². The quantitative estimate of drug-likeness (QED) is 0.813. The lowest BCUT2D eigenvalue weighted by Crippen LogP contribution is -2.49. The highest BCUT2D eigenvalue weighted by Gasteiger charge is 2.37. The topological polar surface area (TPSA) is 24.5 Å². The van der Waals surface area contributed by atoms with Crippen LogP contribution in [0.2, 0.25) is 0 Å². The number of likely N-dealkylation sites (tertiary alicyclic amines) is 1. The van der Waals surface area contributed by atoms with Gasteiger partial charge in [-0.05, 0) is 44.2 Å². The lowest BCUT2D eigenvalue weighted by Gasteiger charge is -2.41. The first kappa shape index (κ1) is 14.3. The Morgan fingerprint density at radius 3 is 2.67 bits per heavy atom. The maximum Gasteiger partial charge on any atom is 0.0724 e. The maximum atomic E-state index is 5.63.